The lowest BCUT2D eigenvalue weighted by atomic mass is 10.1. The zero-order valence-corrected chi connectivity index (χ0v) is 13.4. The van der Waals surface area contributed by atoms with E-state index in [9.17, 15) is 4.79 Å². The molecular formula is C18H23N3O2. The van der Waals surface area contributed by atoms with E-state index >= 15 is 0 Å². The average molecular weight is 313 g/mol. The van der Waals surface area contributed by atoms with Crippen molar-refractivity contribution in [1.82, 2.24) is 14.8 Å². The summed E-state index contributed by atoms with van der Waals surface area (Å²) in [5, 5.41) is 2.93. The highest BCUT2D eigenvalue weighted by molar-refractivity contribution is 5.78. The molecule has 1 aliphatic rings. The van der Waals surface area contributed by atoms with E-state index in [2.05, 4.69) is 40.0 Å². The van der Waals surface area contributed by atoms with Gasteiger partial charge in [-0.3, -0.25) is 9.69 Å². The first-order valence-corrected chi connectivity index (χ1v) is 8.07. The van der Waals surface area contributed by atoms with E-state index in [0.29, 0.717) is 19.7 Å². The van der Waals surface area contributed by atoms with Gasteiger partial charge in [-0.25, -0.2) is 0 Å². The molecule has 122 valence electrons. The molecule has 1 atom stereocenters. The molecule has 0 saturated heterocycles. The first kappa shape index (κ1) is 15.6. The summed E-state index contributed by atoms with van der Waals surface area (Å²) in [6.07, 6.45) is 2.10. The van der Waals surface area contributed by atoms with Crippen LogP contribution in [0.3, 0.4) is 0 Å². The Morgan fingerprint density at radius 2 is 2.04 bits per heavy atom. The fourth-order valence-electron chi connectivity index (χ4n) is 2.96. The Labute approximate surface area is 136 Å². The van der Waals surface area contributed by atoms with Gasteiger partial charge in [0.25, 0.3) is 0 Å². The normalized spacial score (nSPS) is 17.5. The molecule has 3 rings (SSSR count). The van der Waals surface area contributed by atoms with Gasteiger partial charge in [-0.05, 0) is 31.2 Å². The number of carbonyl (C=O) groups is 1. The van der Waals surface area contributed by atoms with Crippen LogP contribution in [0.4, 0.5) is 0 Å². The van der Waals surface area contributed by atoms with Gasteiger partial charge in [0.15, 0.2) is 0 Å². The van der Waals surface area contributed by atoms with E-state index in [1.165, 1.54) is 5.69 Å². The molecule has 0 radical (unpaired) electrons. The van der Waals surface area contributed by atoms with Gasteiger partial charge >= 0.3 is 0 Å². The molecule has 1 aromatic carbocycles. The van der Waals surface area contributed by atoms with Crippen molar-refractivity contribution >= 4 is 5.91 Å². The maximum Gasteiger partial charge on any atom is 0.234 e. The van der Waals surface area contributed by atoms with Crippen molar-refractivity contribution in [2.45, 2.75) is 19.5 Å². The topological polar surface area (TPSA) is 46.5 Å². The lowest BCUT2D eigenvalue weighted by Crippen LogP contribution is -2.43. The van der Waals surface area contributed by atoms with E-state index in [-0.39, 0.29) is 11.9 Å². The molecule has 2 aromatic rings. The van der Waals surface area contributed by atoms with E-state index in [1.54, 1.807) is 0 Å². The highest BCUT2D eigenvalue weighted by Crippen LogP contribution is 2.24. The third-order valence-electron chi connectivity index (χ3n) is 4.25. The van der Waals surface area contributed by atoms with E-state index in [4.69, 9.17) is 4.74 Å². The number of hydrogen-bond donors (Lipinski definition) is 1. The van der Waals surface area contributed by atoms with Gasteiger partial charge in [-0.15, -0.1) is 0 Å². The Hall–Kier alpha value is -2.27. The maximum absolute atomic E-state index is 12.1. The molecule has 2 heterocycles. The minimum absolute atomic E-state index is 0.0496. The summed E-state index contributed by atoms with van der Waals surface area (Å²) < 4.78 is 7.83. The maximum atomic E-state index is 12.1. The molecule has 5 heteroatoms. The number of ether oxygens (including phenoxy) is 1. The van der Waals surface area contributed by atoms with Crippen molar-refractivity contribution in [2.75, 3.05) is 26.2 Å². The van der Waals surface area contributed by atoms with Crippen LogP contribution >= 0.6 is 0 Å². The van der Waals surface area contributed by atoms with Crippen LogP contribution in [0.15, 0.2) is 48.7 Å². The molecule has 0 saturated carbocycles. The first-order chi connectivity index (χ1) is 11.2. The Bertz CT molecular complexity index is 639. The van der Waals surface area contributed by atoms with Crippen LogP contribution in [0, 0.1) is 0 Å². The Kier molecular flexibility index (Phi) is 4.98. The highest BCUT2D eigenvalue weighted by Gasteiger charge is 2.24. The average Bonchev–Trinajstić information content (AvgIpc) is 3.05. The van der Waals surface area contributed by atoms with Gasteiger partial charge in [0, 0.05) is 31.0 Å². The van der Waals surface area contributed by atoms with Crippen molar-refractivity contribution in [3.63, 3.8) is 0 Å². The standard InChI is InChI=1S/C18H23N3O2/c1-15-17-8-5-10-20(17)11-12-21(15)14-18(22)19-9-13-23-16-6-3-2-4-7-16/h2-8,10,15H,9,11-14H2,1H3,(H,19,22). The third-order valence-corrected chi connectivity index (χ3v) is 4.25. The number of benzene rings is 1. The predicted octanol–water partition coefficient (Wildman–Crippen LogP) is 2.06. The number of rotatable bonds is 6. The van der Waals surface area contributed by atoms with E-state index < -0.39 is 0 Å². The van der Waals surface area contributed by atoms with Crippen LogP contribution in [-0.2, 0) is 11.3 Å². The number of hydrogen-bond acceptors (Lipinski definition) is 3. The molecule has 23 heavy (non-hydrogen) atoms. The van der Waals surface area contributed by atoms with Crippen molar-refractivity contribution in [1.29, 1.82) is 0 Å². The second kappa shape index (κ2) is 7.33. The molecule has 1 unspecified atom stereocenters. The lowest BCUT2D eigenvalue weighted by molar-refractivity contribution is -0.123. The van der Waals surface area contributed by atoms with Crippen LogP contribution in [0.1, 0.15) is 18.7 Å². The monoisotopic (exact) mass is 313 g/mol. The van der Waals surface area contributed by atoms with Crippen LogP contribution in [0.2, 0.25) is 0 Å². The van der Waals surface area contributed by atoms with Gasteiger partial charge in [0.05, 0.1) is 13.1 Å². The largest absolute Gasteiger partial charge is 0.492 e. The molecule has 0 aliphatic carbocycles. The number of aromatic nitrogens is 1. The van der Waals surface area contributed by atoms with E-state index in [0.717, 1.165) is 18.8 Å². The quantitative estimate of drug-likeness (QED) is 0.831. The summed E-state index contributed by atoms with van der Waals surface area (Å²) in [5.41, 5.74) is 1.27. The molecule has 1 aliphatic heterocycles. The van der Waals surface area contributed by atoms with Crippen molar-refractivity contribution in [2.24, 2.45) is 0 Å². The molecule has 0 fully saturated rings. The minimum Gasteiger partial charge on any atom is -0.492 e. The van der Waals surface area contributed by atoms with Crippen molar-refractivity contribution < 1.29 is 9.53 Å². The molecular weight excluding hydrogens is 290 g/mol. The smallest absolute Gasteiger partial charge is 0.234 e. The summed E-state index contributed by atoms with van der Waals surface area (Å²) in [6, 6.07) is 14.1. The molecule has 5 nitrogen and oxygen atoms in total. The van der Waals surface area contributed by atoms with Crippen molar-refractivity contribution in [3.05, 3.63) is 54.4 Å². The molecule has 1 amide bonds. The van der Waals surface area contributed by atoms with Gasteiger partial charge in [0.2, 0.25) is 5.91 Å². The highest BCUT2D eigenvalue weighted by atomic mass is 16.5. The number of fused-ring (bicyclic) bond motifs is 1. The molecule has 0 bridgehead atoms. The van der Waals surface area contributed by atoms with Crippen LogP contribution in [0.25, 0.3) is 0 Å². The summed E-state index contributed by atoms with van der Waals surface area (Å²) >= 11 is 0. The van der Waals surface area contributed by atoms with Crippen LogP contribution < -0.4 is 10.1 Å². The Morgan fingerprint density at radius 3 is 2.87 bits per heavy atom. The van der Waals surface area contributed by atoms with Gasteiger partial charge in [-0.1, -0.05) is 18.2 Å². The molecule has 1 N–H and O–H groups in total. The predicted molar refractivity (Wildman–Crippen MR) is 89.4 cm³/mol. The van der Waals surface area contributed by atoms with Crippen LogP contribution in [-0.4, -0.2) is 41.6 Å². The zero-order chi connectivity index (χ0) is 16.1. The number of amides is 1. The van der Waals surface area contributed by atoms with Crippen LogP contribution in [0.5, 0.6) is 5.75 Å². The first-order valence-electron chi connectivity index (χ1n) is 8.07. The van der Waals surface area contributed by atoms with Gasteiger partial charge in [0.1, 0.15) is 12.4 Å². The molecule has 1 aromatic heterocycles. The van der Waals surface area contributed by atoms with Crippen molar-refractivity contribution in [3.8, 4) is 5.75 Å². The minimum atomic E-state index is 0.0496. The number of carbonyl (C=O) groups excluding carboxylic acids is 1. The third kappa shape index (κ3) is 3.93. The summed E-state index contributed by atoms with van der Waals surface area (Å²) in [7, 11) is 0. The number of nitrogens with zero attached hydrogens (tertiary/aromatic N) is 2. The second-order valence-electron chi connectivity index (χ2n) is 5.78. The second-order valence-corrected chi connectivity index (χ2v) is 5.78. The summed E-state index contributed by atoms with van der Waals surface area (Å²) in [4.78, 5) is 14.3. The van der Waals surface area contributed by atoms with E-state index in [1.807, 2.05) is 30.3 Å². The zero-order valence-electron chi connectivity index (χ0n) is 13.4. The Morgan fingerprint density at radius 1 is 1.22 bits per heavy atom. The van der Waals surface area contributed by atoms with Gasteiger partial charge in [-0.2, -0.15) is 0 Å². The molecule has 0 spiro atoms. The SMILES string of the molecule is CC1c2cccn2CCN1CC(=O)NCCOc1ccccc1. The Balaban J connectivity index is 1.40. The number of nitrogens with one attached hydrogen (secondary N) is 1. The fraction of sp³-hybridized carbons (Fsp3) is 0.389. The summed E-state index contributed by atoms with van der Waals surface area (Å²) in [5.74, 6) is 0.876. The fourth-order valence-corrected chi connectivity index (χ4v) is 2.96. The van der Waals surface area contributed by atoms with Gasteiger partial charge < -0.3 is 14.6 Å². The summed E-state index contributed by atoms with van der Waals surface area (Å²) in [6.45, 7) is 5.42. The number of para-hydroxylation sites is 1. The lowest BCUT2D eigenvalue weighted by Gasteiger charge is -2.34.